The minimum Gasteiger partial charge on any atom is -0.489 e. The minimum absolute atomic E-state index is 0.117. The van der Waals surface area contributed by atoms with E-state index in [0.717, 1.165) is 5.56 Å². The van der Waals surface area contributed by atoms with Gasteiger partial charge in [0.15, 0.2) is 0 Å². The molecule has 4 nitrogen and oxygen atoms in total. The Morgan fingerprint density at radius 1 is 1.18 bits per heavy atom. The first-order valence-electron chi connectivity index (χ1n) is 6.88. The van der Waals surface area contributed by atoms with Crippen molar-refractivity contribution in [2.45, 2.75) is 19.1 Å². The highest BCUT2D eigenvalue weighted by Crippen LogP contribution is 2.20. The van der Waals surface area contributed by atoms with Crippen LogP contribution < -0.4 is 10.5 Å². The smallest absolute Gasteiger partial charge is 0.307 e. The SMILES string of the molecule is COC(=O)C[C@H](N)c1ccc(OCc2ccccc2F)cc1. The van der Waals surface area contributed by atoms with Crippen LogP contribution in [0.5, 0.6) is 5.75 Å². The molecule has 2 aromatic rings. The van der Waals surface area contributed by atoms with Gasteiger partial charge in [-0.25, -0.2) is 4.39 Å². The number of carbonyl (C=O) groups is 1. The zero-order chi connectivity index (χ0) is 15.9. The maximum Gasteiger partial charge on any atom is 0.307 e. The molecule has 0 fully saturated rings. The van der Waals surface area contributed by atoms with E-state index in [9.17, 15) is 9.18 Å². The summed E-state index contributed by atoms with van der Waals surface area (Å²) in [5.41, 5.74) is 7.22. The number of rotatable bonds is 6. The third-order valence-corrected chi connectivity index (χ3v) is 3.27. The summed E-state index contributed by atoms with van der Waals surface area (Å²) in [7, 11) is 1.33. The Kier molecular flexibility index (Phi) is 5.49. The van der Waals surface area contributed by atoms with Crippen LogP contribution in [0.25, 0.3) is 0 Å². The predicted octanol–water partition coefficient (Wildman–Crippen LogP) is 2.97. The molecule has 0 heterocycles. The Bertz CT molecular complexity index is 628. The van der Waals surface area contributed by atoms with Gasteiger partial charge in [-0.05, 0) is 23.8 Å². The Balaban J connectivity index is 1.94. The van der Waals surface area contributed by atoms with Gasteiger partial charge in [0.1, 0.15) is 18.2 Å². The van der Waals surface area contributed by atoms with E-state index in [2.05, 4.69) is 4.74 Å². The summed E-state index contributed by atoms with van der Waals surface area (Å²) in [6, 6.07) is 13.1. The number of esters is 1. The topological polar surface area (TPSA) is 61.5 Å². The molecule has 0 aliphatic rings. The zero-order valence-corrected chi connectivity index (χ0v) is 12.3. The van der Waals surface area contributed by atoms with Crippen molar-refractivity contribution in [2.24, 2.45) is 5.73 Å². The summed E-state index contributed by atoms with van der Waals surface area (Å²) >= 11 is 0. The van der Waals surface area contributed by atoms with Crippen LogP contribution in [0.2, 0.25) is 0 Å². The van der Waals surface area contributed by atoms with E-state index in [0.29, 0.717) is 11.3 Å². The Labute approximate surface area is 128 Å². The van der Waals surface area contributed by atoms with Crippen LogP contribution >= 0.6 is 0 Å². The summed E-state index contributed by atoms with van der Waals surface area (Å²) in [6.07, 6.45) is 0.117. The van der Waals surface area contributed by atoms with Gasteiger partial charge in [-0.3, -0.25) is 4.79 Å². The lowest BCUT2D eigenvalue weighted by atomic mass is 10.0. The largest absolute Gasteiger partial charge is 0.489 e. The summed E-state index contributed by atoms with van der Waals surface area (Å²) in [5, 5.41) is 0. The van der Waals surface area contributed by atoms with Crippen molar-refractivity contribution in [1.29, 1.82) is 0 Å². The van der Waals surface area contributed by atoms with E-state index in [1.165, 1.54) is 13.2 Å². The molecule has 2 aromatic carbocycles. The molecule has 0 aliphatic carbocycles. The molecule has 0 saturated carbocycles. The lowest BCUT2D eigenvalue weighted by Gasteiger charge is -2.12. The van der Waals surface area contributed by atoms with Crippen LogP contribution in [0.1, 0.15) is 23.6 Å². The van der Waals surface area contributed by atoms with Crippen LogP contribution in [-0.2, 0) is 16.1 Å². The minimum atomic E-state index is -0.423. The summed E-state index contributed by atoms with van der Waals surface area (Å²) in [5.74, 6) is -0.0381. The molecule has 0 aliphatic heterocycles. The molecule has 0 amide bonds. The van der Waals surface area contributed by atoms with E-state index in [-0.39, 0.29) is 24.8 Å². The lowest BCUT2D eigenvalue weighted by molar-refractivity contribution is -0.141. The molecule has 2 N–H and O–H groups in total. The maximum atomic E-state index is 13.5. The molecule has 0 saturated heterocycles. The van der Waals surface area contributed by atoms with Gasteiger partial charge in [-0.1, -0.05) is 30.3 Å². The molecule has 0 unspecified atom stereocenters. The van der Waals surface area contributed by atoms with Crippen molar-refractivity contribution in [2.75, 3.05) is 7.11 Å². The summed E-state index contributed by atoms with van der Waals surface area (Å²) in [4.78, 5) is 11.2. The van der Waals surface area contributed by atoms with Crippen LogP contribution in [-0.4, -0.2) is 13.1 Å². The van der Waals surface area contributed by atoms with Crippen LogP contribution in [0.4, 0.5) is 4.39 Å². The zero-order valence-electron chi connectivity index (χ0n) is 12.3. The van der Waals surface area contributed by atoms with Crippen molar-refractivity contribution < 1.29 is 18.7 Å². The fourth-order valence-electron chi connectivity index (χ4n) is 1.97. The molecule has 0 spiro atoms. The van der Waals surface area contributed by atoms with E-state index in [1.807, 2.05) is 0 Å². The third-order valence-electron chi connectivity index (χ3n) is 3.27. The van der Waals surface area contributed by atoms with Gasteiger partial charge in [0, 0.05) is 11.6 Å². The highest BCUT2D eigenvalue weighted by molar-refractivity contribution is 5.70. The second-order valence-corrected chi connectivity index (χ2v) is 4.84. The lowest BCUT2D eigenvalue weighted by Crippen LogP contribution is -2.16. The van der Waals surface area contributed by atoms with Crippen molar-refractivity contribution in [1.82, 2.24) is 0 Å². The molecular weight excluding hydrogens is 285 g/mol. The van der Waals surface area contributed by atoms with Crippen molar-refractivity contribution in [3.63, 3.8) is 0 Å². The first-order chi connectivity index (χ1) is 10.6. The van der Waals surface area contributed by atoms with Crippen molar-refractivity contribution in [3.05, 3.63) is 65.5 Å². The highest BCUT2D eigenvalue weighted by atomic mass is 19.1. The molecule has 116 valence electrons. The number of benzene rings is 2. The van der Waals surface area contributed by atoms with Crippen LogP contribution in [0, 0.1) is 5.82 Å². The van der Waals surface area contributed by atoms with E-state index in [1.54, 1.807) is 42.5 Å². The molecule has 0 radical (unpaired) electrons. The monoisotopic (exact) mass is 303 g/mol. The fraction of sp³-hybridized carbons (Fsp3) is 0.235. The van der Waals surface area contributed by atoms with Crippen LogP contribution in [0.3, 0.4) is 0 Å². The molecule has 0 aromatic heterocycles. The second-order valence-electron chi connectivity index (χ2n) is 4.84. The fourth-order valence-corrected chi connectivity index (χ4v) is 1.97. The number of ether oxygens (including phenoxy) is 2. The quantitative estimate of drug-likeness (QED) is 0.833. The number of halogens is 1. The second kappa shape index (κ2) is 7.56. The van der Waals surface area contributed by atoms with Crippen molar-refractivity contribution >= 4 is 5.97 Å². The molecular formula is C17H18FNO3. The number of hydrogen-bond donors (Lipinski definition) is 1. The number of hydrogen-bond acceptors (Lipinski definition) is 4. The Morgan fingerprint density at radius 2 is 1.86 bits per heavy atom. The van der Waals surface area contributed by atoms with E-state index < -0.39 is 6.04 Å². The van der Waals surface area contributed by atoms with Crippen LogP contribution in [0.15, 0.2) is 48.5 Å². The third kappa shape index (κ3) is 4.30. The van der Waals surface area contributed by atoms with E-state index >= 15 is 0 Å². The molecule has 1 atom stereocenters. The molecule has 5 heteroatoms. The van der Waals surface area contributed by atoms with Gasteiger partial charge in [0.2, 0.25) is 0 Å². The first-order valence-corrected chi connectivity index (χ1v) is 6.88. The number of carbonyl (C=O) groups excluding carboxylic acids is 1. The molecule has 0 bridgehead atoms. The maximum absolute atomic E-state index is 13.5. The normalized spacial score (nSPS) is 11.8. The van der Waals surface area contributed by atoms with Gasteiger partial charge in [-0.15, -0.1) is 0 Å². The Hall–Kier alpha value is -2.40. The molecule has 22 heavy (non-hydrogen) atoms. The van der Waals surface area contributed by atoms with E-state index in [4.69, 9.17) is 10.5 Å². The predicted molar refractivity (Wildman–Crippen MR) is 80.7 cm³/mol. The molecule has 2 rings (SSSR count). The van der Waals surface area contributed by atoms with Gasteiger partial charge in [-0.2, -0.15) is 0 Å². The number of methoxy groups -OCH3 is 1. The Morgan fingerprint density at radius 3 is 2.50 bits per heavy atom. The summed E-state index contributed by atoms with van der Waals surface area (Å²) < 4.78 is 23.6. The van der Waals surface area contributed by atoms with Gasteiger partial charge < -0.3 is 15.2 Å². The van der Waals surface area contributed by atoms with Gasteiger partial charge in [0.25, 0.3) is 0 Å². The first kappa shape index (κ1) is 16.0. The van der Waals surface area contributed by atoms with Gasteiger partial charge >= 0.3 is 5.97 Å². The van der Waals surface area contributed by atoms with Crippen molar-refractivity contribution in [3.8, 4) is 5.75 Å². The highest BCUT2D eigenvalue weighted by Gasteiger charge is 2.12. The number of nitrogens with two attached hydrogens (primary N) is 1. The summed E-state index contributed by atoms with van der Waals surface area (Å²) in [6.45, 7) is 0.153. The van der Waals surface area contributed by atoms with Gasteiger partial charge in [0.05, 0.1) is 13.5 Å². The standard InChI is InChI=1S/C17H18FNO3/c1-21-17(20)10-16(19)12-6-8-14(9-7-12)22-11-13-4-2-3-5-15(13)18/h2-9,16H,10-11,19H2,1H3/t16-/m0/s1. The average Bonchev–Trinajstić information content (AvgIpc) is 2.54. The average molecular weight is 303 g/mol.